The SMILES string of the molecule is CS(=O)(=O)Nc1cccc(C(=O)OC(=O)Nc2cccc(N3CCCC3=O)c2)c1. The van der Waals surface area contributed by atoms with E-state index in [-0.39, 0.29) is 17.2 Å². The molecule has 1 aliphatic rings. The Labute approximate surface area is 167 Å². The fraction of sp³-hybridized carbons (Fsp3) is 0.211. The predicted octanol–water partition coefficient (Wildman–Crippen LogP) is 2.57. The van der Waals surface area contributed by atoms with Gasteiger partial charge in [0.15, 0.2) is 0 Å². The number of carbonyl (C=O) groups is 3. The second-order valence-corrected chi connectivity index (χ2v) is 8.20. The van der Waals surface area contributed by atoms with Gasteiger partial charge in [-0.25, -0.2) is 18.0 Å². The molecule has 0 radical (unpaired) electrons. The Morgan fingerprint density at radius 2 is 1.79 bits per heavy atom. The third-order valence-electron chi connectivity index (χ3n) is 4.06. The summed E-state index contributed by atoms with van der Waals surface area (Å²) in [5.74, 6) is -0.923. The van der Waals surface area contributed by atoms with Crippen molar-refractivity contribution in [2.24, 2.45) is 0 Å². The summed E-state index contributed by atoms with van der Waals surface area (Å²) in [6.45, 7) is 0.614. The Hall–Kier alpha value is -3.40. The molecule has 2 amide bonds. The van der Waals surface area contributed by atoms with E-state index < -0.39 is 22.1 Å². The first-order valence-electron chi connectivity index (χ1n) is 8.73. The molecule has 1 fully saturated rings. The van der Waals surface area contributed by atoms with Gasteiger partial charge in [-0.15, -0.1) is 0 Å². The number of hydrogen-bond acceptors (Lipinski definition) is 6. The molecule has 0 saturated carbocycles. The normalized spacial score (nSPS) is 13.8. The highest BCUT2D eigenvalue weighted by Gasteiger charge is 2.22. The number of esters is 1. The zero-order valence-corrected chi connectivity index (χ0v) is 16.4. The average molecular weight is 417 g/mol. The number of benzene rings is 2. The van der Waals surface area contributed by atoms with E-state index in [0.717, 1.165) is 12.7 Å². The molecule has 0 aliphatic carbocycles. The Morgan fingerprint density at radius 3 is 2.48 bits per heavy atom. The smallest absolute Gasteiger partial charge is 0.372 e. The molecule has 29 heavy (non-hydrogen) atoms. The fourth-order valence-electron chi connectivity index (χ4n) is 2.88. The fourth-order valence-corrected chi connectivity index (χ4v) is 3.44. The lowest BCUT2D eigenvalue weighted by Gasteiger charge is -2.16. The molecular weight excluding hydrogens is 398 g/mol. The lowest BCUT2D eigenvalue weighted by molar-refractivity contribution is -0.117. The molecule has 9 nitrogen and oxygen atoms in total. The number of nitrogens with one attached hydrogen (secondary N) is 2. The average Bonchev–Trinajstić information content (AvgIpc) is 3.06. The lowest BCUT2D eigenvalue weighted by atomic mass is 10.2. The molecule has 0 aromatic heterocycles. The van der Waals surface area contributed by atoms with Gasteiger partial charge in [-0.05, 0) is 42.8 Å². The van der Waals surface area contributed by atoms with Crippen molar-refractivity contribution in [3.8, 4) is 0 Å². The lowest BCUT2D eigenvalue weighted by Crippen LogP contribution is -2.24. The van der Waals surface area contributed by atoms with Crippen LogP contribution in [0, 0.1) is 0 Å². The minimum Gasteiger partial charge on any atom is -0.372 e. The van der Waals surface area contributed by atoms with Crippen molar-refractivity contribution in [3.05, 3.63) is 54.1 Å². The molecule has 0 spiro atoms. The second-order valence-electron chi connectivity index (χ2n) is 6.46. The number of rotatable bonds is 5. The van der Waals surface area contributed by atoms with E-state index in [1.54, 1.807) is 29.2 Å². The van der Waals surface area contributed by atoms with Crippen LogP contribution in [0.3, 0.4) is 0 Å². The van der Waals surface area contributed by atoms with Crippen molar-refractivity contribution in [2.45, 2.75) is 12.8 Å². The quantitative estimate of drug-likeness (QED) is 0.570. The van der Waals surface area contributed by atoms with Gasteiger partial charge in [0.05, 0.1) is 11.8 Å². The standard InChI is InChI=1S/C19H19N3O6S/c1-29(26,27)21-15-7-2-5-13(11-15)18(24)28-19(25)20-14-6-3-8-16(12-14)22-10-4-9-17(22)23/h2-3,5-8,11-12,21H,4,9-10H2,1H3,(H,20,25). The van der Waals surface area contributed by atoms with Crippen LogP contribution >= 0.6 is 0 Å². The first kappa shape index (κ1) is 20.3. The van der Waals surface area contributed by atoms with Crippen molar-refractivity contribution in [1.29, 1.82) is 0 Å². The molecule has 3 rings (SSSR count). The van der Waals surface area contributed by atoms with Gasteiger partial charge in [0.1, 0.15) is 0 Å². The molecule has 2 aromatic rings. The van der Waals surface area contributed by atoms with Crippen LogP contribution in [0.15, 0.2) is 48.5 Å². The van der Waals surface area contributed by atoms with E-state index in [2.05, 4.69) is 10.0 Å². The zero-order valence-electron chi connectivity index (χ0n) is 15.5. The summed E-state index contributed by atoms with van der Waals surface area (Å²) in [6, 6.07) is 12.2. The third-order valence-corrected chi connectivity index (χ3v) is 4.67. The topological polar surface area (TPSA) is 122 Å². The van der Waals surface area contributed by atoms with Crippen LogP contribution in [-0.2, 0) is 19.6 Å². The van der Waals surface area contributed by atoms with E-state index >= 15 is 0 Å². The van der Waals surface area contributed by atoms with Crippen molar-refractivity contribution >= 4 is 45.1 Å². The van der Waals surface area contributed by atoms with E-state index in [9.17, 15) is 22.8 Å². The van der Waals surface area contributed by atoms with Crippen LogP contribution in [0.1, 0.15) is 23.2 Å². The number of carbonyl (C=O) groups excluding carboxylic acids is 3. The highest BCUT2D eigenvalue weighted by Crippen LogP contribution is 2.24. The Kier molecular flexibility index (Phi) is 5.83. The summed E-state index contributed by atoms with van der Waals surface area (Å²) >= 11 is 0. The van der Waals surface area contributed by atoms with Gasteiger partial charge in [-0.3, -0.25) is 14.8 Å². The summed E-state index contributed by atoms with van der Waals surface area (Å²) < 4.78 is 29.6. The number of amides is 2. The van der Waals surface area contributed by atoms with Gasteiger partial charge in [0, 0.05) is 30.0 Å². The Balaban J connectivity index is 1.64. The highest BCUT2D eigenvalue weighted by molar-refractivity contribution is 7.92. The summed E-state index contributed by atoms with van der Waals surface area (Å²) in [5.41, 5.74) is 1.19. The molecule has 1 saturated heterocycles. The molecule has 2 N–H and O–H groups in total. The molecule has 0 unspecified atom stereocenters. The minimum absolute atomic E-state index is 0.00483. The Bertz CT molecular complexity index is 1070. The number of anilines is 3. The summed E-state index contributed by atoms with van der Waals surface area (Å²) in [6.07, 6.45) is 1.25. The van der Waals surface area contributed by atoms with Crippen LogP contribution in [-0.4, -0.2) is 39.2 Å². The first-order chi connectivity index (χ1) is 13.7. The van der Waals surface area contributed by atoms with Crippen LogP contribution in [0.2, 0.25) is 0 Å². The molecular formula is C19H19N3O6S. The van der Waals surface area contributed by atoms with Crippen molar-refractivity contribution in [2.75, 3.05) is 27.7 Å². The van der Waals surface area contributed by atoms with E-state index in [1.807, 2.05) is 0 Å². The zero-order chi connectivity index (χ0) is 21.0. The van der Waals surface area contributed by atoms with Crippen LogP contribution in [0.25, 0.3) is 0 Å². The third kappa shape index (κ3) is 5.55. The van der Waals surface area contributed by atoms with Gasteiger partial charge >= 0.3 is 12.1 Å². The van der Waals surface area contributed by atoms with Gasteiger partial charge < -0.3 is 9.64 Å². The summed E-state index contributed by atoms with van der Waals surface area (Å²) in [7, 11) is -3.51. The molecule has 0 bridgehead atoms. The maximum Gasteiger partial charge on any atom is 0.419 e. The van der Waals surface area contributed by atoms with Gasteiger partial charge in [0.2, 0.25) is 15.9 Å². The van der Waals surface area contributed by atoms with Crippen molar-refractivity contribution in [1.82, 2.24) is 0 Å². The van der Waals surface area contributed by atoms with Crippen LogP contribution in [0.4, 0.5) is 21.9 Å². The van der Waals surface area contributed by atoms with Crippen LogP contribution in [0.5, 0.6) is 0 Å². The maximum atomic E-state index is 12.2. The Morgan fingerprint density at radius 1 is 1.07 bits per heavy atom. The number of sulfonamides is 1. The van der Waals surface area contributed by atoms with E-state index in [1.165, 1.54) is 24.3 Å². The molecule has 10 heteroatoms. The first-order valence-corrected chi connectivity index (χ1v) is 10.6. The summed E-state index contributed by atoms with van der Waals surface area (Å²) in [4.78, 5) is 37.7. The van der Waals surface area contributed by atoms with Crippen LogP contribution < -0.4 is 14.9 Å². The van der Waals surface area contributed by atoms with Crippen molar-refractivity contribution < 1.29 is 27.5 Å². The number of nitrogens with zero attached hydrogens (tertiary/aromatic N) is 1. The molecule has 152 valence electrons. The molecule has 2 aromatic carbocycles. The minimum atomic E-state index is -3.51. The monoisotopic (exact) mass is 417 g/mol. The highest BCUT2D eigenvalue weighted by atomic mass is 32.2. The maximum absolute atomic E-state index is 12.2. The number of ether oxygens (including phenoxy) is 1. The predicted molar refractivity (Wildman–Crippen MR) is 107 cm³/mol. The summed E-state index contributed by atoms with van der Waals surface area (Å²) in [5, 5.41) is 2.44. The van der Waals surface area contributed by atoms with Gasteiger partial charge in [-0.1, -0.05) is 12.1 Å². The molecule has 1 aliphatic heterocycles. The largest absolute Gasteiger partial charge is 0.419 e. The van der Waals surface area contributed by atoms with Gasteiger partial charge in [-0.2, -0.15) is 0 Å². The second kappa shape index (κ2) is 8.31. The van der Waals surface area contributed by atoms with Gasteiger partial charge in [0.25, 0.3) is 0 Å². The molecule has 0 atom stereocenters. The molecule has 1 heterocycles. The van der Waals surface area contributed by atoms with Crippen molar-refractivity contribution in [3.63, 3.8) is 0 Å². The number of hydrogen-bond donors (Lipinski definition) is 2. The van der Waals surface area contributed by atoms with E-state index in [4.69, 9.17) is 4.74 Å². The van der Waals surface area contributed by atoms with E-state index in [0.29, 0.717) is 24.3 Å².